The number of nitrogens with zero attached hydrogens (tertiary/aromatic N) is 3. The van der Waals surface area contributed by atoms with Crippen LogP contribution >= 0.6 is 0 Å². The number of hydrogen-bond donors (Lipinski definition) is 1. The molecule has 0 unspecified atom stereocenters. The summed E-state index contributed by atoms with van der Waals surface area (Å²) in [7, 11) is 0. The van der Waals surface area contributed by atoms with Crippen LogP contribution in [0.25, 0.3) is 0 Å². The smallest absolute Gasteiger partial charge is 0.231 e. The van der Waals surface area contributed by atoms with Crippen LogP contribution in [-0.2, 0) is 14.9 Å². The van der Waals surface area contributed by atoms with E-state index in [-0.39, 0.29) is 24.0 Å². The summed E-state index contributed by atoms with van der Waals surface area (Å²) in [6.07, 6.45) is 6.87. The van der Waals surface area contributed by atoms with Crippen LogP contribution in [0.15, 0.2) is 36.7 Å². The fraction of sp³-hybridized carbons (Fsp3) is 0.522. The van der Waals surface area contributed by atoms with Crippen molar-refractivity contribution in [1.29, 1.82) is 0 Å². The number of carbonyl (C=O) groups is 1. The van der Waals surface area contributed by atoms with Gasteiger partial charge in [0.25, 0.3) is 0 Å². The van der Waals surface area contributed by atoms with Gasteiger partial charge in [0.15, 0.2) is 11.5 Å². The molecule has 8 nitrogen and oxygen atoms in total. The lowest BCUT2D eigenvalue weighted by molar-refractivity contribution is -0.126. The number of benzene rings is 1. The Balaban J connectivity index is 1.22. The van der Waals surface area contributed by atoms with Gasteiger partial charge in [0.1, 0.15) is 0 Å². The Morgan fingerprint density at radius 2 is 1.84 bits per heavy atom. The van der Waals surface area contributed by atoms with Gasteiger partial charge < -0.3 is 24.4 Å². The first-order valence-corrected chi connectivity index (χ1v) is 11.0. The molecular formula is C23H28N4O4. The Kier molecular flexibility index (Phi) is 5.63. The van der Waals surface area contributed by atoms with Gasteiger partial charge >= 0.3 is 0 Å². The first kappa shape index (κ1) is 20.1. The van der Waals surface area contributed by atoms with Crippen molar-refractivity contribution < 1.29 is 19.0 Å². The average molecular weight is 425 g/mol. The van der Waals surface area contributed by atoms with Crippen LogP contribution in [0.1, 0.15) is 31.2 Å². The standard InChI is InChI=1S/C23H28N4O4/c28-21(17-4-10-27(11-5-17)22-24-8-1-9-25-22)26-15-23(6-12-29-13-7-23)18-2-3-19-20(14-18)31-16-30-19/h1-3,8-9,14,17H,4-7,10-13,15-16H2,(H,26,28). The molecular weight excluding hydrogens is 396 g/mol. The quantitative estimate of drug-likeness (QED) is 0.788. The third kappa shape index (κ3) is 4.17. The topological polar surface area (TPSA) is 85.8 Å². The van der Waals surface area contributed by atoms with E-state index in [2.05, 4.69) is 32.3 Å². The molecule has 0 spiro atoms. The molecule has 164 valence electrons. The molecule has 0 aliphatic carbocycles. The summed E-state index contributed by atoms with van der Waals surface area (Å²) in [5, 5.41) is 3.27. The maximum Gasteiger partial charge on any atom is 0.231 e. The van der Waals surface area contributed by atoms with Crippen LogP contribution < -0.4 is 19.7 Å². The molecule has 4 heterocycles. The second-order valence-corrected chi connectivity index (χ2v) is 8.49. The lowest BCUT2D eigenvalue weighted by Crippen LogP contribution is -2.47. The maximum atomic E-state index is 13.0. The molecule has 2 saturated heterocycles. The molecule has 3 aliphatic heterocycles. The van der Waals surface area contributed by atoms with Gasteiger partial charge in [-0.2, -0.15) is 0 Å². The zero-order valence-corrected chi connectivity index (χ0v) is 17.6. The van der Waals surface area contributed by atoms with Gasteiger partial charge in [0.05, 0.1) is 0 Å². The largest absolute Gasteiger partial charge is 0.454 e. The number of carbonyl (C=O) groups excluding carboxylic acids is 1. The Morgan fingerprint density at radius 3 is 2.61 bits per heavy atom. The van der Waals surface area contributed by atoms with Crippen molar-refractivity contribution >= 4 is 11.9 Å². The predicted octanol–water partition coefficient (Wildman–Crippen LogP) is 2.29. The van der Waals surface area contributed by atoms with Crippen molar-refractivity contribution in [3.05, 3.63) is 42.2 Å². The fourth-order valence-electron chi connectivity index (χ4n) is 4.75. The Hall–Kier alpha value is -2.87. The Bertz CT molecular complexity index is 909. The highest BCUT2D eigenvalue weighted by Gasteiger charge is 2.37. The van der Waals surface area contributed by atoms with Crippen molar-refractivity contribution in [1.82, 2.24) is 15.3 Å². The Morgan fingerprint density at radius 1 is 1.10 bits per heavy atom. The van der Waals surface area contributed by atoms with Crippen molar-refractivity contribution in [3.63, 3.8) is 0 Å². The molecule has 2 aromatic rings. The molecule has 1 N–H and O–H groups in total. The van der Waals surface area contributed by atoms with Crippen molar-refractivity contribution in [2.75, 3.05) is 44.5 Å². The van der Waals surface area contributed by atoms with Gasteiger partial charge in [0.2, 0.25) is 18.6 Å². The van der Waals surface area contributed by atoms with E-state index in [1.165, 1.54) is 5.56 Å². The summed E-state index contributed by atoms with van der Waals surface area (Å²) in [6.45, 7) is 3.85. The monoisotopic (exact) mass is 424 g/mol. The minimum absolute atomic E-state index is 0.0219. The highest BCUT2D eigenvalue weighted by molar-refractivity contribution is 5.79. The van der Waals surface area contributed by atoms with Gasteiger partial charge in [-0.1, -0.05) is 6.07 Å². The second-order valence-electron chi connectivity index (χ2n) is 8.49. The van der Waals surface area contributed by atoms with Crippen LogP contribution in [0.4, 0.5) is 5.95 Å². The van der Waals surface area contributed by atoms with Gasteiger partial charge in [-0.3, -0.25) is 4.79 Å². The zero-order chi connectivity index (χ0) is 21.1. The second kappa shape index (κ2) is 8.70. The predicted molar refractivity (Wildman–Crippen MR) is 114 cm³/mol. The summed E-state index contributed by atoms with van der Waals surface area (Å²) in [6, 6.07) is 7.95. The maximum absolute atomic E-state index is 13.0. The average Bonchev–Trinajstić information content (AvgIpc) is 3.32. The lowest BCUT2D eigenvalue weighted by Gasteiger charge is -2.39. The molecule has 0 saturated carbocycles. The zero-order valence-electron chi connectivity index (χ0n) is 17.6. The van der Waals surface area contributed by atoms with Crippen LogP contribution in [-0.4, -0.2) is 55.5 Å². The first-order chi connectivity index (χ1) is 15.2. The lowest BCUT2D eigenvalue weighted by atomic mass is 9.74. The molecule has 5 rings (SSSR count). The molecule has 0 bridgehead atoms. The van der Waals surface area contributed by atoms with Gasteiger partial charge in [-0.25, -0.2) is 9.97 Å². The minimum Gasteiger partial charge on any atom is -0.454 e. The molecule has 0 radical (unpaired) electrons. The van der Waals surface area contributed by atoms with E-state index < -0.39 is 0 Å². The van der Waals surface area contributed by atoms with E-state index in [0.29, 0.717) is 19.8 Å². The summed E-state index contributed by atoms with van der Waals surface area (Å²) in [5.41, 5.74) is 1.03. The molecule has 2 fully saturated rings. The molecule has 1 aromatic carbocycles. The van der Waals surface area contributed by atoms with Crippen molar-refractivity contribution in [3.8, 4) is 11.5 Å². The third-order valence-electron chi connectivity index (χ3n) is 6.74. The number of piperidine rings is 1. The number of fused-ring (bicyclic) bond motifs is 1. The highest BCUT2D eigenvalue weighted by Crippen LogP contribution is 2.40. The summed E-state index contributed by atoms with van der Waals surface area (Å²) in [5.74, 6) is 2.47. The van der Waals surface area contributed by atoms with Gasteiger partial charge in [0, 0.05) is 56.6 Å². The van der Waals surface area contributed by atoms with E-state index >= 15 is 0 Å². The number of nitrogens with one attached hydrogen (secondary N) is 1. The van der Waals surface area contributed by atoms with E-state index in [9.17, 15) is 4.79 Å². The van der Waals surface area contributed by atoms with E-state index in [0.717, 1.165) is 56.2 Å². The summed E-state index contributed by atoms with van der Waals surface area (Å²) >= 11 is 0. The SMILES string of the molecule is O=C(NCC1(c2ccc3c(c2)OCO3)CCOCC1)C1CCN(c2ncccn2)CC1. The number of rotatable bonds is 5. The van der Waals surface area contributed by atoms with E-state index in [1.54, 1.807) is 12.4 Å². The van der Waals surface area contributed by atoms with E-state index in [4.69, 9.17) is 14.2 Å². The molecule has 1 amide bonds. The van der Waals surface area contributed by atoms with Crippen LogP contribution in [0.2, 0.25) is 0 Å². The first-order valence-electron chi connectivity index (χ1n) is 11.0. The number of anilines is 1. The van der Waals surface area contributed by atoms with Gasteiger partial charge in [-0.05, 0) is 49.4 Å². The van der Waals surface area contributed by atoms with Crippen molar-refractivity contribution in [2.45, 2.75) is 31.1 Å². The minimum atomic E-state index is -0.145. The normalized spacial score (nSPS) is 20.5. The van der Waals surface area contributed by atoms with Crippen LogP contribution in [0, 0.1) is 5.92 Å². The van der Waals surface area contributed by atoms with Crippen LogP contribution in [0.3, 0.4) is 0 Å². The number of hydrogen-bond acceptors (Lipinski definition) is 7. The van der Waals surface area contributed by atoms with Crippen LogP contribution in [0.5, 0.6) is 11.5 Å². The molecule has 3 aliphatic rings. The summed E-state index contributed by atoms with van der Waals surface area (Å²) in [4.78, 5) is 23.8. The third-order valence-corrected chi connectivity index (χ3v) is 6.74. The number of ether oxygens (including phenoxy) is 3. The van der Waals surface area contributed by atoms with Gasteiger partial charge in [-0.15, -0.1) is 0 Å². The Labute approximate surface area is 181 Å². The van der Waals surface area contributed by atoms with Crippen molar-refractivity contribution in [2.24, 2.45) is 5.92 Å². The molecule has 31 heavy (non-hydrogen) atoms. The summed E-state index contributed by atoms with van der Waals surface area (Å²) < 4.78 is 16.7. The molecule has 0 atom stereocenters. The number of amides is 1. The highest BCUT2D eigenvalue weighted by atomic mass is 16.7. The molecule has 1 aromatic heterocycles. The molecule has 8 heteroatoms. The van der Waals surface area contributed by atoms with E-state index in [1.807, 2.05) is 12.1 Å². The fourth-order valence-corrected chi connectivity index (χ4v) is 4.75. The number of aromatic nitrogens is 2.